The lowest BCUT2D eigenvalue weighted by Crippen LogP contribution is -2.36. The molecule has 2 aromatic rings. The van der Waals surface area contributed by atoms with Crippen LogP contribution in [0.4, 0.5) is 17.3 Å². The maximum atomic E-state index is 11.2. The first-order valence-electron chi connectivity index (χ1n) is 6.04. The van der Waals surface area contributed by atoms with E-state index in [2.05, 4.69) is 15.3 Å². The van der Waals surface area contributed by atoms with Crippen molar-refractivity contribution in [3.63, 3.8) is 0 Å². The Bertz CT molecular complexity index is 649. The van der Waals surface area contributed by atoms with E-state index in [1.54, 1.807) is 0 Å². The number of nitrogens with zero attached hydrogens (tertiary/aromatic N) is 3. The predicted octanol–water partition coefficient (Wildman–Crippen LogP) is 1.67. The van der Waals surface area contributed by atoms with Gasteiger partial charge in [-0.1, -0.05) is 30.3 Å². The molecule has 0 amide bonds. The van der Waals surface area contributed by atoms with Gasteiger partial charge < -0.3 is 16.0 Å². The normalized spacial score (nSPS) is 16.6. The molecule has 1 aromatic heterocycles. The van der Waals surface area contributed by atoms with Gasteiger partial charge in [0.15, 0.2) is 24.1 Å². The first kappa shape index (κ1) is 12.7. The Morgan fingerprint density at radius 3 is 2.80 bits per heavy atom. The van der Waals surface area contributed by atoms with Gasteiger partial charge >= 0.3 is 0 Å². The van der Waals surface area contributed by atoms with Gasteiger partial charge in [-0.2, -0.15) is 9.97 Å². The molecule has 0 saturated carbocycles. The number of aromatic nitrogens is 2. The minimum Gasteiger partial charge on any atom is -0.382 e. The average molecular weight is 290 g/mol. The van der Waals surface area contributed by atoms with Crippen LogP contribution in [0.5, 0.6) is 0 Å². The van der Waals surface area contributed by atoms with Crippen LogP contribution in [0.25, 0.3) is 0 Å². The van der Waals surface area contributed by atoms with Gasteiger partial charge in [0.05, 0.1) is 0 Å². The van der Waals surface area contributed by atoms with E-state index in [4.69, 9.17) is 17.3 Å². The molecule has 6 nitrogen and oxygen atoms in total. The predicted molar refractivity (Wildman–Crippen MR) is 77.6 cm³/mol. The molecule has 1 aliphatic heterocycles. The third-order valence-electron chi connectivity index (χ3n) is 3.12. The van der Waals surface area contributed by atoms with Gasteiger partial charge in [-0.25, -0.2) is 0 Å². The van der Waals surface area contributed by atoms with Crippen LogP contribution < -0.4 is 16.0 Å². The maximum absolute atomic E-state index is 11.2. The second kappa shape index (κ2) is 4.97. The molecule has 7 heteroatoms. The molecule has 0 spiro atoms. The third-order valence-corrected chi connectivity index (χ3v) is 3.28. The summed E-state index contributed by atoms with van der Waals surface area (Å²) in [5, 5.41) is 3.06. The summed E-state index contributed by atoms with van der Waals surface area (Å²) >= 11 is 5.84. The van der Waals surface area contributed by atoms with Gasteiger partial charge in [0, 0.05) is 6.54 Å². The van der Waals surface area contributed by atoms with Gasteiger partial charge in [0.2, 0.25) is 5.28 Å². The van der Waals surface area contributed by atoms with Crippen LogP contribution >= 0.6 is 11.6 Å². The molecule has 0 saturated heterocycles. The quantitative estimate of drug-likeness (QED) is 0.660. The second-order valence-corrected chi connectivity index (χ2v) is 4.75. The van der Waals surface area contributed by atoms with Crippen molar-refractivity contribution in [2.45, 2.75) is 12.7 Å². The largest absolute Gasteiger partial charge is 0.382 e. The molecular formula is C13H12ClN5O. The molecule has 1 unspecified atom stereocenters. The Morgan fingerprint density at radius 1 is 1.35 bits per heavy atom. The summed E-state index contributed by atoms with van der Waals surface area (Å²) in [6.07, 6.45) is 0.276. The van der Waals surface area contributed by atoms with Crippen molar-refractivity contribution < 1.29 is 4.79 Å². The van der Waals surface area contributed by atoms with E-state index in [0.717, 1.165) is 11.8 Å². The fourth-order valence-corrected chi connectivity index (χ4v) is 2.37. The number of hydrogen-bond donors (Lipinski definition) is 2. The number of anilines is 3. The van der Waals surface area contributed by atoms with Crippen LogP contribution in [-0.2, 0) is 11.3 Å². The summed E-state index contributed by atoms with van der Waals surface area (Å²) < 4.78 is 0. The zero-order valence-electron chi connectivity index (χ0n) is 10.5. The van der Waals surface area contributed by atoms with E-state index < -0.39 is 6.17 Å². The minimum atomic E-state index is -0.528. The minimum absolute atomic E-state index is 0.0626. The van der Waals surface area contributed by atoms with Gasteiger partial charge in [-0.15, -0.1) is 0 Å². The molecule has 1 aliphatic rings. The number of rotatable bonds is 3. The van der Waals surface area contributed by atoms with Gasteiger partial charge in [0.25, 0.3) is 0 Å². The van der Waals surface area contributed by atoms with E-state index in [9.17, 15) is 4.79 Å². The molecule has 102 valence electrons. The highest BCUT2D eigenvalue weighted by molar-refractivity contribution is 6.28. The Morgan fingerprint density at radius 2 is 2.10 bits per heavy atom. The summed E-state index contributed by atoms with van der Waals surface area (Å²) in [5.41, 5.74) is 7.41. The number of fused-ring (bicyclic) bond motifs is 1. The van der Waals surface area contributed by atoms with E-state index >= 15 is 0 Å². The smallest absolute Gasteiger partial charge is 0.226 e. The molecule has 0 radical (unpaired) electrons. The van der Waals surface area contributed by atoms with Gasteiger partial charge in [-0.3, -0.25) is 4.79 Å². The number of benzene rings is 1. The summed E-state index contributed by atoms with van der Waals surface area (Å²) in [7, 11) is 0. The number of nitrogens with two attached hydrogens (primary N) is 1. The average Bonchev–Trinajstić information content (AvgIpc) is 2.78. The Kier molecular flexibility index (Phi) is 3.15. The third kappa shape index (κ3) is 2.14. The van der Waals surface area contributed by atoms with Gasteiger partial charge in [-0.05, 0) is 17.2 Å². The summed E-state index contributed by atoms with van der Waals surface area (Å²) in [6.45, 7) is 0.525. The SMILES string of the molecule is Nc1nc(Cl)nc2c1NC(C=O)N2Cc1ccccc1. The Balaban J connectivity index is 2.00. The van der Waals surface area contributed by atoms with Crippen molar-refractivity contribution >= 4 is 35.2 Å². The molecule has 3 N–H and O–H groups in total. The molecule has 1 aromatic carbocycles. The number of nitrogens with one attached hydrogen (secondary N) is 1. The summed E-state index contributed by atoms with van der Waals surface area (Å²) in [5.74, 6) is 0.783. The molecule has 1 atom stereocenters. The fraction of sp³-hybridized carbons (Fsp3) is 0.154. The van der Waals surface area contributed by atoms with Crippen LogP contribution in [0.2, 0.25) is 5.28 Å². The molecule has 0 fully saturated rings. The number of halogens is 1. The van der Waals surface area contributed by atoms with Crippen LogP contribution in [0.1, 0.15) is 5.56 Å². The highest BCUT2D eigenvalue weighted by atomic mass is 35.5. The maximum Gasteiger partial charge on any atom is 0.226 e. The van der Waals surface area contributed by atoms with Crippen molar-refractivity contribution in [3.8, 4) is 0 Å². The fourth-order valence-electron chi connectivity index (χ4n) is 2.20. The number of carbonyl (C=O) groups excluding carboxylic acids is 1. The lowest BCUT2D eigenvalue weighted by atomic mass is 10.2. The molecule has 20 heavy (non-hydrogen) atoms. The van der Waals surface area contributed by atoms with Crippen molar-refractivity contribution in [1.29, 1.82) is 0 Å². The highest BCUT2D eigenvalue weighted by Gasteiger charge is 2.32. The van der Waals surface area contributed by atoms with Gasteiger partial charge in [0.1, 0.15) is 5.69 Å². The van der Waals surface area contributed by atoms with Crippen LogP contribution in [0.15, 0.2) is 30.3 Å². The van der Waals surface area contributed by atoms with Crippen LogP contribution in [-0.4, -0.2) is 22.4 Å². The first-order valence-corrected chi connectivity index (χ1v) is 6.42. The van der Waals surface area contributed by atoms with E-state index in [1.807, 2.05) is 35.2 Å². The molecular weight excluding hydrogens is 278 g/mol. The second-order valence-electron chi connectivity index (χ2n) is 4.42. The highest BCUT2D eigenvalue weighted by Crippen LogP contribution is 2.37. The summed E-state index contributed by atoms with van der Waals surface area (Å²) in [4.78, 5) is 21.1. The zero-order valence-corrected chi connectivity index (χ0v) is 11.2. The standard InChI is InChI=1S/C13H12ClN5O/c14-13-17-11(15)10-12(18-13)19(9(7-20)16-10)6-8-4-2-1-3-5-8/h1-5,7,9,16H,6H2,(H2,15,17,18). The van der Waals surface area contributed by atoms with E-state index in [0.29, 0.717) is 18.1 Å². The Hall–Kier alpha value is -2.34. The lowest BCUT2D eigenvalue weighted by molar-refractivity contribution is -0.108. The van der Waals surface area contributed by atoms with Crippen molar-refractivity contribution in [2.24, 2.45) is 0 Å². The lowest BCUT2D eigenvalue weighted by Gasteiger charge is -2.21. The molecule has 0 bridgehead atoms. The van der Waals surface area contributed by atoms with Crippen LogP contribution in [0, 0.1) is 0 Å². The van der Waals surface area contributed by atoms with E-state index in [1.165, 1.54) is 0 Å². The number of aldehydes is 1. The molecule has 3 rings (SSSR count). The van der Waals surface area contributed by atoms with Crippen LogP contribution in [0.3, 0.4) is 0 Å². The zero-order chi connectivity index (χ0) is 14.1. The molecule has 0 aliphatic carbocycles. The molecule has 2 heterocycles. The first-order chi connectivity index (χ1) is 9.69. The number of hydrogen-bond acceptors (Lipinski definition) is 6. The summed E-state index contributed by atoms with van der Waals surface area (Å²) in [6, 6.07) is 9.78. The Labute approximate surface area is 120 Å². The van der Waals surface area contributed by atoms with Crippen molar-refractivity contribution in [2.75, 3.05) is 16.0 Å². The number of carbonyl (C=O) groups is 1. The number of nitrogen functional groups attached to an aromatic ring is 1. The van der Waals surface area contributed by atoms with Crippen molar-refractivity contribution in [1.82, 2.24) is 9.97 Å². The topological polar surface area (TPSA) is 84.1 Å². The van der Waals surface area contributed by atoms with E-state index in [-0.39, 0.29) is 11.1 Å². The monoisotopic (exact) mass is 289 g/mol. The van der Waals surface area contributed by atoms with Crippen molar-refractivity contribution in [3.05, 3.63) is 41.2 Å².